The Balaban J connectivity index is 2.63. The predicted octanol–water partition coefficient (Wildman–Crippen LogP) is 2.57. The van der Waals surface area contributed by atoms with Crippen LogP contribution in [0.2, 0.25) is 0 Å². The molecule has 0 aliphatic carbocycles. The lowest BCUT2D eigenvalue weighted by atomic mass is 9.75. The average molecular weight is 206 g/mol. The highest BCUT2D eigenvalue weighted by Crippen LogP contribution is 2.36. The summed E-state index contributed by atoms with van der Waals surface area (Å²) in [5, 5.41) is 3.27. The number of methoxy groups -OCH3 is 1. The summed E-state index contributed by atoms with van der Waals surface area (Å²) in [6, 6.07) is 0. The highest BCUT2D eigenvalue weighted by Gasteiger charge is 2.36. The SMILES string of the molecule is COC1NC(Cl)CCC1C(C)(C)C. The van der Waals surface area contributed by atoms with Gasteiger partial charge in [-0.05, 0) is 18.3 Å². The second-order valence-corrected chi connectivity index (χ2v) is 5.37. The molecule has 1 aliphatic heterocycles. The first-order valence-corrected chi connectivity index (χ1v) is 5.31. The van der Waals surface area contributed by atoms with E-state index in [4.69, 9.17) is 16.3 Å². The molecule has 3 atom stereocenters. The van der Waals surface area contributed by atoms with Crippen LogP contribution in [-0.4, -0.2) is 18.8 Å². The maximum absolute atomic E-state index is 6.01. The standard InChI is InChI=1S/C10H20ClNO/c1-10(2,3)7-5-6-8(11)12-9(7)13-4/h7-9,12H,5-6H2,1-4H3. The molecule has 0 aromatic heterocycles. The number of alkyl halides is 1. The normalized spacial score (nSPS) is 36.2. The summed E-state index contributed by atoms with van der Waals surface area (Å²) in [7, 11) is 1.74. The monoisotopic (exact) mass is 205 g/mol. The molecule has 2 nitrogen and oxygen atoms in total. The maximum atomic E-state index is 6.01. The second kappa shape index (κ2) is 4.16. The molecule has 1 saturated heterocycles. The minimum Gasteiger partial charge on any atom is -0.366 e. The second-order valence-electron chi connectivity index (χ2n) is 4.84. The minimum absolute atomic E-state index is 0.0727. The summed E-state index contributed by atoms with van der Waals surface area (Å²) < 4.78 is 5.41. The average Bonchev–Trinajstić information content (AvgIpc) is 2.01. The van der Waals surface area contributed by atoms with Crippen molar-refractivity contribution in [3.63, 3.8) is 0 Å². The van der Waals surface area contributed by atoms with Gasteiger partial charge in [0, 0.05) is 13.0 Å². The van der Waals surface area contributed by atoms with Crippen LogP contribution >= 0.6 is 11.6 Å². The van der Waals surface area contributed by atoms with Crippen LogP contribution in [0.3, 0.4) is 0 Å². The van der Waals surface area contributed by atoms with Crippen LogP contribution in [0.1, 0.15) is 33.6 Å². The zero-order valence-corrected chi connectivity index (χ0v) is 9.69. The van der Waals surface area contributed by atoms with Crippen molar-refractivity contribution in [3.8, 4) is 0 Å². The molecular formula is C10H20ClNO. The molecule has 0 amide bonds. The number of rotatable bonds is 1. The zero-order chi connectivity index (χ0) is 10.1. The van der Waals surface area contributed by atoms with E-state index >= 15 is 0 Å². The Labute approximate surface area is 86.0 Å². The lowest BCUT2D eigenvalue weighted by Crippen LogP contribution is -2.50. The van der Waals surface area contributed by atoms with Crippen molar-refractivity contribution < 1.29 is 4.74 Å². The number of ether oxygens (including phenoxy) is 1. The van der Waals surface area contributed by atoms with E-state index in [0.717, 1.165) is 12.8 Å². The topological polar surface area (TPSA) is 21.3 Å². The smallest absolute Gasteiger partial charge is 0.112 e. The number of hydrogen-bond donors (Lipinski definition) is 1. The first kappa shape index (κ1) is 11.3. The molecule has 0 spiro atoms. The van der Waals surface area contributed by atoms with E-state index in [9.17, 15) is 0 Å². The minimum atomic E-state index is 0.0727. The molecule has 0 bridgehead atoms. The van der Waals surface area contributed by atoms with Gasteiger partial charge in [0.05, 0.1) is 5.50 Å². The fourth-order valence-electron chi connectivity index (χ4n) is 1.97. The summed E-state index contributed by atoms with van der Waals surface area (Å²) in [6.07, 6.45) is 2.28. The van der Waals surface area contributed by atoms with Gasteiger partial charge in [-0.15, -0.1) is 11.6 Å². The molecule has 0 aromatic carbocycles. The van der Waals surface area contributed by atoms with Crippen molar-refractivity contribution in [1.29, 1.82) is 0 Å². The zero-order valence-electron chi connectivity index (χ0n) is 8.93. The third-order valence-electron chi connectivity index (χ3n) is 2.81. The third-order valence-corrected chi connectivity index (χ3v) is 3.15. The Morgan fingerprint density at radius 2 is 1.92 bits per heavy atom. The number of hydrogen-bond acceptors (Lipinski definition) is 2. The molecule has 3 heteroatoms. The van der Waals surface area contributed by atoms with Gasteiger partial charge in [0.25, 0.3) is 0 Å². The van der Waals surface area contributed by atoms with E-state index in [1.807, 2.05) is 0 Å². The van der Waals surface area contributed by atoms with Gasteiger partial charge in [-0.2, -0.15) is 0 Å². The molecule has 1 heterocycles. The summed E-state index contributed by atoms with van der Waals surface area (Å²) in [5.74, 6) is 0.549. The fourth-order valence-corrected chi connectivity index (χ4v) is 2.22. The first-order valence-electron chi connectivity index (χ1n) is 4.88. The highest BCUT2D eigenvalue weighted by molar-refractivity contribution is 6.20. The Morgan fingerprint density at radius 3 is 2.38 bits per heavy atom. The lowest BCUT2D eigenvalue weighted by molar-refractivity contribution is -0.0410. The van der Waals surface area contributed by atoms with E-state index in [-0.39, 0.29) is 17.1 Å². The van der Waals surface area contributed by atoms with Gasteiger partial charge in [0.15, 0.2) is 0 Å². The Bertz CT molecular complexity index is 167. The van der Waals surface area contributed by atoms with E-state index in [1.165, 1.54) is 0 Å². The van der Waals surface area contributed by atoms with Gasteiger partial charge < -0.3 is 4.74 Å². The summed E-state index contributed by atoms with van der Waals surface area (Å²) in [4.78, 5) is 0. The van der Waals surface area contributed by atoms with E-state index in [0.29, 0.717) is 5.92 Å². The van der Waals surface area contributed by atoms with Crippen LogP contribution in [0.25, 0.3) is 0 Å². The van der Waals surface area contributed by atoms with Gasteiger partial charge in [-0.25, -0.2) is 0 Å². The molecule has 13 heavy (non-hydrogen) atoms. The van der Waals surface area contributed by atoms with Crippen molar-refractivity contribution in [2.75, 3.05) is 7.11 Å². The van der Waals surface area contributed by atoms with E-state index in [1.54, 1.807) is 7.11 Å². The number of halogens is 1. The van der Waals surface area contributed by atoms with Crippen LogP contribution in [0.4, 0.5) is 0 Å². The third kappa shape index (κ3) is 2.83. The first-order chi connectivity index (χ1) is 5.95. The van der Waals surface area contributed by atoms with Crippen LogP contribution in [0.5, 0.6) is 0 Å². The van der Waals surface area contributed by atoms with Gasteiger partial charge in [0.2, 0.25) is 0 Å². The molecule has 78 valence electrons. The van der Waals surface area contributed by atoms with Gasteiger partial charge >= 0.3 is 0 Å². The van der Waals surface area contributed by atoms with Crippen molar-refractivity contribution in [1.82, 2.24) is 5.32 Å². The van der Waals surface area contributed by atoms with Gasteiger partial charge in [-0.3, -0.25) is 5.32 Å². The molecule has 0 radical (unpaired) electrons. The molecule has 1 N–H and O–H groups in total. The summed E-state index contributed by atoms with van der Waals surface area (Å²) >= 11 is 6.01. The Morgan fingerprint density at radius 1 is 1.31 bits per heavy atom. The summed E-state index contributed by atoms with van der Waals surface area (Å²) in [6.45, 7) is 6.75. The van der Waals surface area contributed by atoms with Crippen LogP contribution in [-0.2, 0) is 4.74 Å². The number of nitrogens with one attached hydrogen (secondary N) is 1. The Hall–Kier alpha value is 0.210. The lowest BCUT2D eigenvalue weighted by Gasteiger charge is -2.41. The molecule has 1 aliphatic rings. The molecule has 1 rings (SSSR count). The molecule has 3 unspecified atom stereocenters. The van der Waals surface area contributed by atoms with Crippen molar-refractivity contribution in [3.05, 3.63) is 0 Å². The van der Waals surface area contributed by atoms with Crippen LogP contribution < -0.4 is 5.32 Å². The summed E-state index contributed by atoms with van der Waals surface area (Å²) in [5.41, 5.74) is 0.355. The van der Waals surface area contributed by atoms with E-state index < -0.39 is 0 Å². The van der Waals surface area contributed by atoms with Gasteiger partial charge in [-0.1, -0.05) is 20.8 Å². The van der Waals surface area contributed by atoms with Crippen LogP contribution in [0, 0.1) is 11.3 Å². The Kier molecular flexibility index (Phi) is 3.61. The van der Waals surface area contributed by atoms with Gasteiger partial charge in [0.1, 0.15) is 6.23 Å². The van der Waals surface area contributed by atoms with E-state index in [2.05, 4.69) is 26.1 Å². The molecular weight excluding hydrogens is 186 g/mol. The number of piperidine rings is 1. The molecule has 1 fully saturated rings. The predicted molar refractivity (Wildman–Crippen MR) is 55.8 cm³/mol. The largest absolute Gasteiger partial charge is 0.366 e. The van der Waals surface area contributed by atoms with Crippen LogP contribution in [0.15, 0.2) is 0 Å². The maximum Gasteiger partial charge on any atom is 0.112 e. The van der Waals surface area contributed by atoms with Crippen molar-refractivity contribution in [2.24, 2.45) is 11.3 Å². The van der Waals surface area contributed by atoms with Crippen molar-refractivity contribution >= 4 is 11.6 Å². The van der Waals surface area contributed by atoms with Crippen molar-refractivity contribution in [2.45, 2.75) is 45.3 Å². The highest BCUT2D eigenvalue weighted by atomic mass is 35.5. The quantitative estimate of drug-likeness (QED) is 0.525. The molecule has 0 aromatic rings. The fraction of sp³-hybridized carbons (Fsp3) is 1.00. The molecule has 0 saturated carbocycles.